The van der Waals surface area contributed by atoms with Gasteiger partial charge in [0.15, 0.2) is 0 Å². The van der Waals surface area contributed by atoms with Crippen molar-refractivity contribution in [1.82, 2.24) is 0 Å². The van der Waals surface area contributed by atoms with E-state index in [1.165, 1.54) is 32.1 Å². The molecule has 0 spiro atoms. The normalized spacial score (nSPS) is 51.8. The Morgan fingerprint density at radius 1 is 0.700 bits per heavy atom. The van der Waals surface area contributed by atoms with Crippen molar-refractivity contribution in [2.24, 2.45) is 23.7 Å². The first kappa shape index (κ1) is 13.6. The maximum absolute atomic E-state index is 6.47. The van der Waals surface area contributed by atoms with Crippen LogP contribution in [0.3, 0.4) is 0 Å². The first-order valence-electron chi connectivity index (χ1n) is 8.58. The van der Waals surface area contributed by atoms with Gasteiger partial charge in [0.25, 0.3) is 0 Å². The van der Waals surface area contributed by atoms with Crippen molar-refractivity contribution in [3.05, 3.63) is 0 Å². The average molecular weight is 276 g/mol. The van der Waals surface area contributed by atoms with E-state index in [1.54, 1.807) is 0 Å². The van der Waals surface area contributed by atoms with Crippen molar-refractivity contribution >= 4 is 7.12 Å². The van der Waals surface area contributed by atoms with Crippen LogP contribution in [-0.2, 0) is 9.31 Å². The topological polar surface area (TPSA) is 18.5 Å². The minimum atomic E-state index is -0.185. The van der Waals surface area contributed by atoms with Gasteiger partial charge < -0.3 is 9.31 Å². The van der Waals surface area contributed by atoms with Crippen LogP contribution >= 0.6 is 0 Å². The van der Waals surface area contributed by atoms with E-state index in [1.807, 2.05) is 0 Å². The molecule has 20 heavy (non-hydrogen) atoms. The van der Waals surface area contributed by atoms with E-state index >= 15 is 0 Å². The third-order valence-electron chi connectivity index (χ3n) is 7.66. The van der Waals surface area contributed by atoms with Crippen LogP contribution in [0.1, 0.15) is 66.7 Å². The van der Waals surface area contributed by atoms with Crippen LogP contribution in [-0.4, -0.2) is 18.3 Å². The maximum Gasteiger partial charge on any atom is 0.464 e. The van der Waals surface area contributed by atoms with E-state index in [0.29, 0.717) is 0 Å². The van der Waals surface area contributed by atoms with Crippen LogP contribution in [0, 0.1) is 23.7 Å². The third kappa shape index (κ3) is 1.60. The summed E-state index contributed by atoms with van der Waals surface area (Å²) >= 11 is 0. The van der Waals surface area contributed by atoms with Gasteiger partial charge in [-0.2, -0.15) is 0 Å². The second kappa shape index (κ2) is 3.84. The molecule has 5 fully saturated rings. The largest absolute Gasteiger partial charge is 0.464 e. The summed E-state index contributed by atoms with van der Waals surface area (Å²) in [6.07, 6.45) is 7.20. The molecule has 0 aromatic rings. The van der Waals surface area contributed by atoms with Gasteiger partial charge in [-0.1, -0.05) is 6.92 Å². The summed E-state index contributed by atoms with van der Waals surface area (Å²) in [5.41, 5.74) is -0.370. The van der Waals surface area contributed by atoms with Gasteiger partial charge in [0.1, 0.15) is 0 Å². The molecule has 3 heteroatoms. The standard InChI is InChI=1S/C17H29BO2/c1-15(2)16(3,4)20-18(19-15)17(5)13-7-11-6-12(9-13)10-14(17)8-11/h11-14H,6-10H2,1-5H3. The summed E-state index contributed by atoms with van der Waals surface area (Å²) in [7, 11) is 0.00231. The van der Waals surface area contributed by atoms with Gasteiger partial charge in [-0.3, -0.25) is 0 Å². The lowest BCUT2D eigenvalue weighted by Crippen LogP contribution is -2.54. The van der Waals surface area contributed by atoms with Crippen molar-refractivity contribution in [3.63, 3.8) is 0 Å². The Labute approximate surface area is 124 Å². The summed E-state index contributed by atoms with van der Waals surface area (Å²) in [4.78, 5) is 0. The van der Waals surface area contributed by atoms with E-state index in [2.05, 4.69) is 34.6 Å². The van der Waals surface area contributed by atoms with E-state index < -0.39 is 0 Å². The van der Waals surface area contributed by atoms with Crippen molar-refractivity contribution < 1.29 is 9.31 Å². The maximum atomic E-state index is 6.47. The van der Waals surface area contributed by atoms with Crippen molar-refractivity contribution in [2.75, 3.05) is 0 Å². The molecule has 1 saturated heterocycles. The fraction of sp³-hybridized carbons (Fsp3) is 1.00. The van der Waals surface area contributed by atoms with Crippen LogP contribution in [0.4, 0.5) is 0 Å². The quantitative estimate of drug-likeness (QED) is 0.665. The van der Waals surface area contributed by atoms with Gasteiger partial charge in [-0.15, -0.1) is 0 Å². The molecule has 5 aliphatic rings. The van der Waals surface area contributed by atoms with Gasteiger partial charge in [0.05, 0.1) is 11.2 Å². The van der Waals surface area contributed by atoms with E-state index in [4.69, 9.17) is 9.31 Å². The first-order valence-corrected chi connectivity index (χ1v) is 8.58. The highest BCUT2D eigenvalue weighted by molar-refractivity contribution is 6.50. The summed E-state index contributed by atoms with van der Waals surface area (Å²) in [5, 5.41) is 0.248. The SMILES string of the molecule is CC1(B2OC(C)(C)C(C)(C)O2)C2CC3CC(C2)CC1C3. The zero-order chi connectivity index (χ0) is 14.3. The molecule has 0 unspecified atom stereocenters. The molecule has 1 heterocycles. The number of hydrogen-bond donors (Lipinski definition) is 0. The van der Waals surface area contributed by atoms with Gasteiger partial charge in [0.2, 0.25) is 0 Å². The third-order valence-corrected chi connectivity index (χ3v) is 7.66. The molecular formula is C17H29BO2. The monoisotopic (exact) mass is 276 g/mol. The second-order valence-corrected chi connectivity index (χ2v) is 9.26. The smallest absolute Gasteiger partial charge is 0.403 e. The number of rotatable bonds is 1. The zero-order valence-corrected chi connectivity index (χ0v) is 13.7. The Bertz CT molecular complexity index is 385. The molecule has 1 aliphatic heterocycles. The fourth-order valence-electron chi connectivity index (χ4n) is 5.68. The van der Waals surface area contributed by atoms with Crippen molar-refractivity contribution in [3.8, 4) is 0 Å². The molecule has 112 valence electrons. The highest BCUT2D eigenvalue weighted by Crippen LogP contribution is 2.68. The van der Waals surface area contributed by atoms with Crippen LogP contribution < -0.4 is 0 Å². The van der Waals surface area contributed by atoms with Crippen molar-refractivity contribution in [2.45, 2.75) is 83.2 Å². The Morgan fingerprint density at radius 3 is 1.50 bits per heavy atom. The first-order chi connectivity index (χ1) is 9.22. The fourth-order valence-corrected chi connectivity index (χ4v) is 5.68. The summed E-state index contributed by atoms with van der Waals surface area (Å²) in [5.74, 6) is 3.67. The molecule has 0 atom stereocenters. The molecule has 4 saturated carbocycles. The molecular weight excluding hydrogens is 247 g/mol. The summed E-state index contributed by atoms with van der Waals surface area (Å²) in [6, 6.07) is 0. The van der Waals surface area contributed by atoms with Gasteiger partial charge in [-0.25, -0.2) is 0 Å². The molecule has 2 nitrogen and oxygen atoms in total. The van der Waals surface area contributed by atoms with Gasteiger partial charge >= 0.3 is 7.12 Å². The molecule has 5 rings (SSSR count). The van der Waals surface area contributed by atoms with Crippen LogP contribution in [0.5, 0.6) is 0 Å². The van der Waals surface area contributed by atoms with E-state index in [9.17, 15) is 0 Å². The Morgan fingerprint density at radius 2 is 1.10 bits per heavy atom. The lowest BCUT2D eigenvalue weighted by molar-refractivity contribution is -0.0343. The highest BCUT2D eigenvalue weighted by Gasteiger charge is 2.66. The van der Waals surface area contributed by atoms with Gasteiger partial charge in [-0.05, 0) is 83.5 Å². The lowest BCUT2D eigenvalue weighted by Gasteiger charge is -2.60. The van der Waals surface area contributed by atoms with Crippen LogP contribution in [0.15, 0.2) is 0 Å². The van der Waals surface area contributed by atoms with Crippen molar-refractivity contribution in [1.29, 1.82) is 0 Å². The van der Waals surface area contributed by atoms with E-state index in [0.717, 1.165) is 23.7 Å². The summed E-state index contributed by atoms with van der Waals surface area (Å²) in [6.45, 7) is 11.2. The Balaban J connectivity index is 1.65. The predicted molar refractivity (Wildman–Crippen MR) is 81.5 cm³/mol. The molecule has 0 amide bonds. The molecule has 0 radical (unpaired) electrons. The zero-order valence-electron chi connectivity index (χ0n) is 13.7. The highest BCUT2D eigenvalue weighted by atomic mass is 16.7. The minimum Gasteiger partial charge on any atom is -0.403 e. The predicted octanol–water partition coefficient (Wildman–Crippen LogP) is 4.30. The Hall–Kier alpha value is -0.0151. The van der Waals surface area contributed by atoms with Crippen LogP contribution in [0.25, 0.3) is 0 Å². The lowest BCUT2D eigenvalue weighted by atomic mass is 9.35. The average Bonchev–Trinajstić information content (AvgIpc) is 2.54. The van der Waals surface area contributed by atoms with Crippen LogP contribution in [0.2, 0.25) is 5.31 Å². The minimum absolute atomic E-state index is 0.00231. The molecule has 0 N–H and O–H groups in total. The summed E-state index contributed by atoms with van der Waals surface area (Å²) < 4.78 is 12.9. The van der Waals surface area contributed by atoms with E-state index in [-0.39, 0.29) is 23.6 Å². The number of hydrogen-bond acceptors (Lipinski definition) is 2. The Kier molecular flexibility index (Phi) is 2.62. The molecule has 0 aromatic heterocycles. The molecule has 4 bridgehead atoms. The molecule has 0 aromatic carbocycles. The second-order valence-electron chi connectivity index (χ2n) is 9.26. The molecule has 4 aliphatic carbocycles. The van der Waals surface area contributed by atoms with Gasteiger partial charge in [0, 0.05) is 5.31 Å².